The molecule has 0 saturated carbocycles. The summed E-state index contributed by atoms with van der Waals surface area (Å²) in [4.78, 5) is 4.12. The zero-order valence-corrected chi connectivity index (χ0v) is 12.9. The first-order valence-electron chi connectivity index (χ1n) is 5.98. The fourth-order valence-corrected chi connectivity index (χ4v) is 2.35. The van der Waals surface area contributed by atoms with E-state index >= 15 is 0 Å². The van der Waals surface area contributed by atoms with Crippen LogP contribution in [-0.2, 0) is 0 Å². The van der Waals surface area contributed by atoms with Gasteiger partial charge in [-0.05, 0) is 43.2 Å². The van der Waals surface area contributed by atoms with Gasteiger partial charge in [0.25, 0.3) is 0 Å². The van der Waals surface area contributed by atoms with Crippen LogP contribution in [0.4, 0.5) is 5.82 Å². The van der Waals surface area contributed by atoms with Crippen LogP contribution in [0.25, 0.3) is 0 Å². The second-order valence-electron chi connectivity index (χ2n) is 4.40. The lowest BCUT2D eigenvalue weighted by Crippen LogP contribution is -2.09. The molecule has 0 fully saturated rings. The molecule has 0 bridgehead atoms. The summed E-state index contributed by atoms with van der Waals surface area (Å²) in [5, 5.41) is 9.51. The maximum Gasteiger partial charge on any atom is 0.240 e. The van der Waals surface area contributed by atoms with Gasteiger partial charge in [-0.3, -0.25) is 0 Å². The molecular formula is C14H12Cl2N4O. The summed E-state index contributed by atoms with van der Waals surface area (Å²) >= 11 is 12.0. The van der Waals surface area contributed by atoms with Gasteiger partial charge < -0.3 is 10.2 Å². The lowest BCUT2D eigenvalue weighted by molar-refractivity contribution is 0.457. The van der Waals surface area contributed by atoms with Crippen molar-refractivity contribution in [1.29, 1.82) is 5.26 Å². The van der Waals surface area contributed by atoms with E-state index in [9.17, 15) is 0 Å². The van der Waals surface area contributed by atoms with Crippen molar-refractivity contribution < 1.29 is 4.74 Å². The molecule has 0 radical (unpaired) electrons. The number of hydrazine groups is 1. The van der Waals surface area contributed by atoms with Crippen molar-refractivity contribution in [3.05, 3.63) is 44.9 Å². The van der Waals surface area contributed by atoms with Gasteiger partial charge in [-0.1, -0.05) is 23.2 Å². The Bertz CT molecular complexity index is 717. The quantitative estimate of drug-likeness (QED) is 0.660. The molecule has 0 aliphatic carbocycles. The Hall–Kier alpha value is -2.00. The minimum Gasteiger partial charge on any atom is -0.437 e. The maximum atomic E-state index is 8.95. The van der Waals surface area contributed by atoms with Crippen molar-refractivity contribution in [2.24, 2.45) is 5.84 Å². The van der Waals surface area contributed by atoms with E-state index in [-0.39, 0.29) is 16.7 Å². The van der Waals surface area contributed by atoms with E-state index in [4.69, 9.17) is 39.0 Å². The Kier molecular flexibility index (Phi) is 4.53. The number of anilines is 1. The van der Waals surface area contributed by atoms with Gasteiger partial charge in [-0.15, -0.1) is 0 Å². The number of hydrogen-bond donors (Lipinski definition) is 2. The summed E-state index contributed by atoms with van der Waals surface area (Å²) in [7, 11) is 0. The summed E-state index contributed by atoms with van der Waals surface area (Å²) in [6.07, 6.45) is 0. The molecule has 1 aromatic carbocycles. The summed E-state index contributed by atoms with van der Waals surface area (Å²) in [6, 6.07) is 7.05. The van der Waals surface area contributed by atoms with E-state index < -0.39 is 0 Å². The molecule has 0 atom stereocenters. The first-order valence-corrected chi connectivity index (χ1v) is 6.73. The molecule has 108 valence electrons. The fourth-order valence-electron chi connectivity index (χ4n) is 1.89. The van der Waals surface area contributed by atoms with Crippen molar-refractivity contribution in [2.75, 3.05) is 5.43 Å². The number of nitrogen functional groups attached to an aromatic ring is 1. The number of halogens is 2. The third-order valence-electron chi connectivity index (χ3n) is 2.82. The third kappa shape index (κ3) is 3.19. The van der Waals surface area contributed by atoms with E-state index in [0.717, 1.165) is 11.1 Å². The van der Waals surface area contributed by atoms with Crippen LogP contribution in [-0.4, -0.2) is 4.98 Å². The Balaban J connectivity index is 2.46. The molecule has 7 heteroatoms. The molecular weight excluding hydrogens is 311 g/mol. The third-order valence-corrected chi connectivity index (χ3v) is 3.38. The highest BCUT2D eigenvalue weighted by Gasteiger charge is 2.14. The van der Waals surface area contributed by atoms with E-state index in [0.29, 0.717) is 16.3 Å². The fraction of sp³-hybridized carbons (Fsp3) is 0.143. The number of benzene rings is 1. The summed E-state index contributed by atoms with van der Waals surface area (Å²) in [6.45, 7) is 3.68. The Morgan fingerprint density at radius 3 is 2.33 bits per heavy atom. The average Bonchev–Trinajstić information content (AvgIpc) is 2.44. The smallest absolute Gasteiger partial charge is 0.240 e. The molecule has 1 heterocycles. The van der Waals surface area contributed by atoms with Crippen molar-refractivity contribution in [1.82, 2.24) is 4.98 Å². The number of aryl methyl sites for hydroxylation is 2. The summed E-state index contributed by atoms with van der Waals surface area (Å²) in [5.74, 6) is 6.37. The van der Waals surface area contributed by atoms with Gasteiger partial charge in [0.2, 0.25) is 5.88 Å². The van der Waals surface area contributed by atoms with Crippen molar-refractivity contribution in [2.45, 2.75) is 13.8 Å². The molecule has 1 aromatic heterocycles. The van der Waals surface area contributed by atoms with Crippen LogP contribution in [0.5, 0.6) is 11.6 Å². The first kappa shape index (κ1) is 15.4. The predicted octanol–water partition coefficient (Wildman–Crippen LogP) is 3.95. The normalized spacial score (nSPS) is 10.1. The highest BCUT2D eigenvalue weighted by molar-refractivity contribution is 6.36. The largest absolute Gasteiger partial charge is 0.437 e. The molecule has 0 aliphatic heterocycles. The minimum atomic E-state index is 0.185. The number of rotatable bonds is 3. The molecule has 3 N–H and O–H groups in total. The van der Waals surface area contributed by atoms with Gasteiger partial charge >= 0.3 is 0 Å². The minimum absolute atomic E-state index is 0.185. The number of nitriles is 1. The number of nitrogens with zero attached hydrogens (tertiary/aromatic N) is 2. The SMILES string of the molecule is Cc1cc(C#N)cc(C)c1Oc1nc(NN)c(Cl)cc1Cl. The van der Waals surface area contributed by atoms with Crippen LogP contribution in [0.15, 0.2) is 18.2 Å². The lowest BCUT2D eigenvalue weighted by atomic mass is 10.1. The van der Waals surface area contributed by atoms with E-state index in [2.05, 4.69) is 16.5 Å². The number of nitrogens with two attached hydrogens (primary N) is 1. The van der Waals surface area contributed by atoms with Crippen molar-refractivity contribution in [3.63, 3.8) is 0 Å². The van der Waals surface area contributed by atoms with Crippen LogP contribution in [0.2, 0.25) is 10.0 Å². The second-order valence-corrected chi connectivity index (χ2v) is 5.22. The van der Waals surface area contributed by atoms with Crippen LogP contribution in [0.1, 0.15) is 16.7 Å². The zero-order chi connectivity index (χ0) is 15.6. The number of ether oxygens (including phenoxy) is 1. The zero-order valence-electron chi connectivity index (χ0n) is 11.4. The molecule has 0 amide bonds. The number of pyridine rings is 1. The molecule has 2 aromatic rings. The highest BCUT2D eigenvalue weighted by atomic mass is 35.5. The maximum absolute atomic E-state index is 8.95. The van der Waals surface area contributed by atoms with Crippen LogP contribution in [0.3, 0.4) is 0 Å². The average molecular weight is 323 g/mol. The summed E-state index contributed by atoms with van der Waals surface area (Å²) in [5.41, 5.74) is 4.55. The van der Waals surface area contributed by atoms with Crippen molar-refractivity contribution in [3.8, 4) is 17.7 Å². The number of nitrogens with one attached hydrogen (secondary N) is 1. The number of aromatic nitrogens is 1. The lowest BCUT2D eigenvalue weighted by Gasteiger charge is -2.13. The Morgan fingerprint density at radius 2 is 1.81 bits per heavy atom. The molecule has 0 unspecified atom stereocenters. The highest BCUT2D eigenvalue weighted by Crippen LogP contribution is 2.35. The first-order chi connectivity index (χ1) is 9.96. The molecule has 5 nitrogen and oxygen atoms in total. The monoisotopic (exact) mass is 322 g/mol. The Morgan fingerprint density at radius 1 is 1.19 bits per heavy atom. The van der Waals surface area contributed by atoms with Gasteiger partial charge in [-0.2, -0.15) is 10.2 Å². The molecule has 0 aliphatic rings. The molecule has 21 heavy (non-hydrogen) atoms. The molecule has 0 spiro atoms. The van der Waals surface area contributed by atoms with Crippen LogP contribution < -0.4 is 16.0 Å². The molecule has 0 saturated heterocycles. The second kappa shape index (κ2) is 6.19. The van der Waals surface area contributed by atoms with Gasteiger partial charge in [0.15, 0.2) is 5.82 Å². The van der Waals surface area contributed by atoms with Gasteiger partial charge in [0.1, 0.15) is 10.8 Å². The van der Waals surface area contributed by atoms with Gasteiger partial charge in [0.05, 0.1) is 16.7 Å². The standard InChI is InChI=1S/C14H12Cl2N4O/c1-7-3-9(6-17)4-8(2)12(7)21-14-11(16)5-10(15)13(19-14)20-18/h3-5H,18H2,1-2H3,(H,19,20). The van der Waals surface area contributed by atoms with E-state index in [1.54, 1.807) is 12.1 Å². The van der Waals surface area contributed by atoms with Crippen LogP contribution in [0, 0.1) is 25.2 Å². The van der Waals surface area contributed by atoms with Crippen LogP contribution >= 0.6 is 23.2 Å². The van der Waals surface area contributed by atoms with Crippen molar-refractivity contribution >= 4 is 29.0 Å². The number of hydrogen-bond acceptors (Lipinski definition) is 5. The Labute approximate surface area is 132 Å². The van der Waals surface area contributed by atoms with E-state index in [1.807, 2.05) is 13.8 Å². The predicted molar refractivity (Wildman–Crippen MR) is 82.8 cm³/mol. The van der Waals surface area contributed by atoms with E-state index in [1.165, 1.54) is 6.07 Å². The summed E-state index contributed by atoms with van der Waals surface area (Å²) < 4.78 is 5.76. The topological polar surface area (TPSA) is 84.0 Å². The molecule has 2 rings (SSSR count). The van der Waals surface area contributed by atoms with Gasteiger partial charge in [0, 0.05) is 0 Å². The van der Waals surface area contributed by atoms with Gasteiger partial charge in [-0.25, -0.2) is 5.84 Å².